The van der Waals surface area contributed by atoms with E-state index in [1.807, 2.05) is 30.3 Å². The first-order valence-corrected chi connectivity index (χ1v) is 9.86. The van der Waals surface area contributed by atoms with E-state index in [0.717, 1.165) is 11.6 Å². The maximum Gasteiger partial charge on any atom is 0.416 e. The molecule has 4 aromatic rings. The van der Waals surface area contributed by atoms with Crippen molar-refractivity contribution >= 4 is 28.9 Å². The minimum Gasteiger partial charge on any atom is -0.452 e. The van der Waals surface area contributed by atoms with E-state index in [1.54, 1.807) is 6.07 Å². The van der Waals surface area contributed by atoms with Crippen molar-refractivity contribution in [1.82, 2.24) is 14.6 Å². The van der Waals surface area contributed by atoms with E-state index in [4.69, 9.17) is 4.74 Å². The normalized spacial score (nSPS) is 11.3. The molecule has 0 spiro atoms. The highest BCUT2D eigenvalue weighted by atomic mass is 19.4. The van der Waals surface area contributed by atoms with E-state index in [2.05, 4.69) is 15.4 Å². The molecule has 0 saturated carbocycles. The van der Waals surface area contributed by atoms with Gasteiger partial charge in [-0.1, -0.05) is 30.3 Å². The topological polar surface area (TPSA) is 129 Å². The fourth-order valence-electron chi connectivity index (χ4n) is 3.22. The summed E-state index contributed by atoms with van der Waals surface area (Å²) in [5, 5.41) is 17.4. The largest absolute Gasteiger partial charge is 0.452 e. The van der Waals surface area contributed by atoms with E-state index < -0.39 is 46.5 Å². The molecular weight excluding hydrogens is 471 g/mol. The molecule has 1 N–H and O–H groups in total. The van der Waals surface area contributed by atoms with Gasteiger partial charge in [0, 0.05) is 17.8 Å². The summed E-state index contributed by atoms with van der Waals surface area (Å²) in [6.07, 6.45) is -2.10. The van der Waals surface area contributed by atoms with E-state index in [-0.39, 0.29) is 11.2 Å². The Kier molecular flexibility index (Phi) is 6.14. The highest BCUT2D eigenvalue weighted by molar-refractivity contribution is 5.99. The number of hydrogen-bond donors (Lipinski definition) is 1. The molecule has 2 aromatic heterocycles. The van der Waals surface area contributed by atoms with Gasteiger partial charge in [-0.15, -0.1) is 0 Å². The van der Waals surface area contributed by atoms with Gasteiger partial charge in [-0.2, -0.15) is 18.3 Å². The zero-order chi connectivity index (χ0) is 25.2. The molecule has 2 aromatic carbocycles. The Bertz CT molecular complexity index is 1440. The molecule has 1 amide bonds. The van der Waals surface area contributed by atoms with Crippen LogP contribution < -0.4 is 5.32 Å². The fraction of sp³-hybridized carbons (Fsp3) is 0.0909. The van der Waals surface area contributed by atoms with Crippen molar-refractivity contribution in [3.63, 3.8) is 0 Å². The number of halogens is 3. The van der Waals surface area contributed by atoms with Crippen LogP contribution in [0.15, 0.2) is 67.0 Å². The molecule has 4 rings (SSSR count). The lowest BCUT2D eigenvalue weighted by molar-refractivity contribution is -0.384. The SMILES string of the molecule is O=C(COC(=O)c1cnn2c(-c3ccccc3)ccnc12)Nc1ccc(C(F)(F)F)cc1[N+](=O)[O-]. The van der Waals surface area contributed by atoms with Gasteiger partial charge in [-0.3, -0.25) is 14.9 Å². The Morgan fingerprint density at radius 3 is 2.54 bits per heavy atom. The van der Waals surface area contributed by atoms with Gasteiger partial charge in [0.25, 0.3) is 11.6 Å². The molecule has 10 nitrogen and oxygen atoms in total. The van der Waals surface area contributed by atoms with Crippen LogP contribution in [0.2, 0.25) is 0 Å². The van der Waals surface area contributed by atoms with Crippen molar-refractivity contribution in [2.75, 3.05) is 11.9 Å². The first-order valence-electron chi connectivity index (χ1n) is 9.86. The van der Waals surface area contributed by atoms with Gasteiger partial charge in [0.15, 0.2) is 12.3 Å². The maximum absolute atomic E-state index is 12.8. The van der Waals surface area contributed by atoms with Crippen molar-refractivity contribution in [1.29, 1.82) is 0 Å². The minimum absolute atomic E-state index is 0.0314. The average Bonchev–Trinajstić information content (AvgIpc) is 3.27. The molecule has 0 unspecified atom stereocenters. The summed E-state index contributed by atoms with van der Waals surface area (Å²) in [7, 11) is 0. The molecule has 0 bridgehead atoms. The summed E-state index contributed by atoms with van der Waals surface area (Å²) in [5.74, 6) is -1.93. The quantitative estimate of drug-likeness (QED) is 0.247. The Morgan fingerprint density at radius 2 is 1.86 bits per heavy atom. The molecule has 0 aliphatic rings. The van der Waals surface area contributed by atoms with Gasteiger partial charge in [0.1, 0.15) is 11.3 Å². The van der Waals surface area contributed by atoms with Crippen LogP contribution in [-0.4, -0.2) is 38.0 Å². The van der Waals surface area contributed by atoms with Gasteiger partial charge < -0.3 is 10.1 Å². The molecule has 0 atom stereocenters. The number of hydrogen-bond acceptors (Lipinski definition) is 7. The van der Waals surface area contributed by atoms with Gasteiger partial charge >= 0.3 is 12.1 Å². The van der Waals surface area contributed by atoms with E-state index in [0.29, 0.717) is 17.8 Å². The van der Waals surface area contributed by atoms with E-state index >= 15 is 0 Å². The number of amides is 1. The van der Waals surface area contributed by atoms with Crippen LogP contribution >= 0.6 is 0 Å². The van der Waals surface area contributed by atoms with Crippen molar-refractivity contribution < 1.29 is 32.4 Å². The second kappa shape index (κ2) is 9.21. The van der Waals surface area contributed by atoms with Crippen LogP contribution in [0, 0.1) is 10.1 Å². The number of fused-ring (bicyclic) bond motifs is 1. The van der Waals surface area contributed by atoms with Gasteiger partial charge in [0.05, 0.1) is 22.4 Å². The summed E-state index contributed by atoms with van der Waals surface area (Å²) in [6.45, 7) is -0.854. The molecule has 0 fully saturated rings. The first-order chi connectivity index (χ1) is 16.6. The van der Waals surface area contributed by atoms with Crippen LogP contribution in [0.5, 0.6) is 0 Å². The zero-order valence-electron chi connectivity index (χ0n) is 17.5. The molecule has 35 heavy (non-hydrogen) atoms. The van der Waals surface area contributed by atoms with Crippen LogP contribution in [0.25, 0.3) is 16.9 Å². The van der Waals surface area contributed by atoms with Gasteiger partial charge in [-0.05, 0) is 18.2 Å². The highest BCUT2D eigenvalue weighted by Crippen LogP contribution is 2.35. The zero-order valence-corrected chi connectivity index (χ0v) is 17.5. The fourth-order valence-corrected chi connectivity index (χ4v) is 3.22. The molecule has 13 heteroatoms. The van der Waals surface area contributed by atoms with Crippen molar-refractivity contribution in [2.45, 2.75) is 6.18 Å². The number of carbonyl (C=O) groups is 2. The van der Waals surface area contributed by atoms with E-state index in [1.165, 1.54) is 16.9 Å². The Balaban J connectivity index is 1.48. The number of rotatable bonds is 6. The number of nitrogens with one attached hydrogen (secondary N) is 1. The number of anilines is 1. The predicted octanol–water partition coefficient (Wildman–Crippen LogP) is 4.12. The Morgan fingerprint density at radius 1 is 1.11 bits per heavy atom. The Labute approximate surface area is 194 Å². The van der Waals surface area contributed by atoms with Gasteiger partial charge in [-0.25, -0.2) is 14.3 Å². The molecule has 0 aliphatic heterocycles. The molecule has 0 saturated heterocycles. The predicted molar refractivity (Wildman–Crippen MR) is 115 cm³/mol. The summed E-state index contributed by atoms with van der Waals surface area (Å²) >= 11 is 0. The lowest BCUT2D eigenvalue weighted by Gasteiger charge is -2.10. The second-order valence-electron chi connectivity index (χ2n) is 7.10. The highest BCUT2D eigenvalue weighted by Gasteiger charge is 2.33. The standard InChI is InChI=1S/C22H14F3N5O5/c23-22(24,25)14-6-7-16(18(10-14)30(33)34)28-19(31)12-35-21(32)15-11-27-29-17(8-9-26-20(15)29)13-4-2-1-3-5-13/h1-11H,12H2,(H,28,31). The summed E-state index contributed by atoms with van der Waals surface area (Å²) in [6, 6.07) is 12.5. The molecule has 0 radical (unpaired) electrons. The Hall–Kier alpha value is -4.81. The third kappa shape index (κ3) is 4.93. The monoisotopic (exact) mass is 485 g/mol. The van der Waals surface area contributed by atoms with E-state index in [9.17, 15) is 32.9 Å². The van der Waals surface area contributed by atoms with Crippen molar-refractivity contribution in [3.8, 4) is 11.3 Å². The second-order valence-corrected chi connectivity index (χ2v) is 7.10. The number of nitro benzene ring substituents is 1. The average molecular weight is 485 g/mol. The molecule has 2 heterocycles. The number of carbonyl (C=O) groups excluding carboxylic acids is 2. The van der Waals surface area contributed by atoms with Crippen LogP contribution in [0.1, 0.15) is 15.9 Å². The first kappa shape index (κ1) is 23.4. The minimum atomic E-state index is -4.80. The van der Waals surface area contributed by atoms with Crippen LogP contribution in [0.3, 0.4) is 0 Å². The number of esters is 1. The number of ether oxygens (including phenoxy) is 1. The number of benzene rings is 2. The number of nitro groups is 1. The van der Waals surface area contributed by atoms with Crippen molar-refractivity contribution in [3.05, 3.63) is 88.2 Å². The van der Waals surface area contributed by atoms with Crippen LogP contribution in [0.4, 0.5) is 24.5 Å². The van der Waals surface area contributed by atoms with Crippen LogP contribution in [-0.2, 0) is 15.7 Å². The molecule has 178 valence electrons. The number of alkyl halides is 3. The summed E-state index contributed by atoms with van der Waals surface area (Å²) in [4.78, 5) is 38.9. The molecular formula is C22H14F3N5O5. The lowest BCUT2D eigenvalue weighted by atomic mass is 10.1. The summed E-state index contributed by atoms with van der Waals surface area (Å²) in [5.41, 5.74) is -1.06. The summed E-state index contributed by atoms with van der Waals surface area (Å²) < 4.78 is 44.9. The van der Waals surface area contributed by atoms with Crippen molar-refractivity contribution in [2.24, 2.45) is 0 Å². The lowest BCUT2D eigenvalue weighted by Crippen LogP contribution is -2.21. The third-order valence-corrected chi connectivity index (χ3v) is 4.82. The number of aromatic nitrogens is 3. The maximum atomic E-state index is 12.8. The third-order valence-electron chi connectivity index (χ3n) is 4.82. The van der Waals surface area contributed by atoms with Gasteiger partial charge in [0.2, 0.25) is 0 Å². The number of nitrogens with zero attached hydrogens (tertiary/aromatic N) is 4. The smallest absolute Gasteiger partial charge is 0.416 e. The molecule has 0 aliphatic carbocycles.